The first-order chi connectivity index (χ1) is 4.20. The van der Waals surface area contributed by atoms with Crippen LogP contribution in [0.5, 0.6) is 0 Å². The zero-order valence-corrected chi connectivity index (χ0v) is 5.76. The highest BCUT2D eigenvalue weighted by Gasteiger charge is 2.10. The van der Waals surface area contributed by atoms with Gasteiger partial charge in [-0.3, -0.25) is 0 Å². The zero-order chi connectivity index (χ0) is 6.85. The summed E-state index contributed by atoms with van der Waals surface area (Å²) in [6.07, 6.45) is 5.09. The molecule has 0 spiro atoms. The summed E-state index contributed by atoms with van der Waals surface area (Å²) in [5.41, 5.74) is 0. The maximum Gasteiger partial charge on any atom is 0.119 e. The minimum absolute atomic E-state index is 0.0967. The molecule has 0 aromatic carbocycles. The van der Waals surface area contributed by atoms with Crippen LogP contribution < -0.4 is 0 Å². The van der Waals surface area contributed by atoms with Gasteiger partial charge < -0.3 is 0 Å². The standard InChI is InChI=1S/C8H11F/c1-6-3-4-8(9)5-7(6)2/h3-7H,1-2H3/t6-,7?/m1/s1. The molecule has 1 aliphatic carbocycles. The molecule has 0 heterocycles. The quantitative estimate of drug-likeness (QED) is 0.468. The van der Waals surface area contributed by atoms with E-state index in [4.69, 9.17) is 0 Å². The van der Waals surface area contributed by atoms with Crippen LogP contribution in [-0.2, 0) is 0 Å². The molecule has 0 N–H and O–H groups in total. The molecule has 2 atom stereocenters. The molecule has 0 fully saturated rings. The molecule has 0 aromatic rings. The Labute approximate surface area is 55.1 Å². The van der Waals surface area contributed by atoms with Gasteiger partial charge in [0.15, 0.2) is 0 Å². The molecule has 0 radical (unpaired) electrons. The highest BCUT2D eigenvalue weighted by atomic mass is 19.1. The Hall–Kier alpha value is -0.590. The second kappa shape index (κ2) is 2.34. The molecule has 1 unspecified atom stereocenters. The number of allylic oxidation sites excluding steroid dienone is 4. The average Bonchev–Trinajstić information content (AvgIpc) is 1.80. The van der Waals surface area contributed by atoms with Crippen LogP contribution in [0.1, 0.15) is 13.8 Å². The molecule has 0 amide bonds. The third-order valence-corrected chi connectivity index (χ3v) is 1.81. The molecule has 0 saturated heterocycles. The van der Waals surface area contributed by atoms with Gasteiger partial charge in [0.2, 0.25) is 0 Å². The van der Waals surface area contributed by atoms with E-state index in [9.17, 15) is 4.39 Å². The van der Waals surface area contributed by atoms with Gasteiger partial charge in [-0.15, -0.1) is 0 Å². The zero-order valence-electron chi connectivity index (χ0n) is 5.76. The van der Waals surface area contributed by atoms with Crippen LogP contribution in [0.2, 0.25) is 0 Å². The average molecular weight is 126 g/mol. The fourth-order valence-electron chi connectivity index (χ4n) is 0.877. The second-order valence-electron chi connectivity index (χ2n) is 2.63. The molecule has 0 saturated carbocycles. The summed E-state index contributed by atoms with van der Waals surface area (Å²) in [5, 5.41) is 0. The van der Waals surface area contributed by atoms with Gasteiger partial charge in [0.25, 0.3) is 0 Å². The highest BCUT2D eigenvalue weighted by molar-refractivity contribution is 5.18. The number of hydrogen-bond acceptors (Lipinski definition) is 0. The van der Waals surface area contributed by atoms with Crippen LogP contribution in [0.25, 0.3) is 0 Å². The maximum atomic E-state index is 12.4. The minimum atomic E-state index is -0.0967. The Morgan fingerprint density at radius 2 is 2.00 bits per heavy atom. The lowest BCUT2D eigenvalue weighted by Crippen LogP contribution is -2.05. The van der Waals surface area contributed by atoms with Crippen LogP contribution in [0.15, 0.2) is 24.1 Å². The lowest BCUT2D eigenvalue weighted by atomic mass is 9.92. The van der Waals surface area contributed by atoms with Crippen molar-refractivity contribution in [3.63, 3.8) is 0 Å². The smallest absolute Gasteiger partial charge is 0.119 e. The Morgan fingerprint density at radius 1 is 1.33 bits per heavy atom. The van der Waals surface area contributed by atoms with Gasteiger partial charge in [0.1, 0.15) is 5.83 Å². The molecule has 0 aromatic heterocycles. The van der Waals surface area contributed by atoms with Crippen LogP contribution in [0.4, 0.5) is 4.39 Å². The Morgan fingerprint density at radius 3 is 2.44 bits per heavy atom. The normalized spacial score (nSPS) is 34.3. The van der Waals surface area contributed by atoms with E-state index in [1.165, 1.54) is 6.08 Å². The number of rotatable bonds is 0. The summed E-state index contributed by atoms with van der Waals surface area (Å²) in [6, 6.07) is 0. The van der Waals surface area contributed by atoms with Crippen molar-refractivity contribution in [1.82, 2.24) is 0 Å². The van der Waals surface area contributed by atoms with Crippen molar-refractivity contribution >= 4 is 0 Å². The van der Waals surface area contributed by atoms with Crippen LogP contribution in [0.3, 0.4) is 0 Å². The fourth-order valence-corrected chi connectivity index (χ4v) is 0.877. The van der Waals surface area contributed by atoms with Gasteiger partial charge in [-0.05, 0) is 24.0 Å². The van der Waals surface area contributed by atoms with Crippen molar-refractivity contribution in [3.8, 4) is 0 Å². The summed E-state index contributed by atoms with van der Waals surface area (Å²) in [6.45, 7) is 4.11. The lowest BCUT2D eigenvalue weighted by molar-refractivity contribution is 0.520. The molecule has 1 aliphatic rings. The minimum Gasteiger partial charge on any atom is -0.207 e. The van der Waals surface area contributed by atoms with E-state index in [2.05, 4.69) is 6.92 Å². The van der Waals surface area contributed by atoms with Crippen molar-refractivity contribution in [2.24, 2.45) is 11.8 Å². The Balaban J connectivity index is 2.70. The number of halogens is 1. The largest absolute Gasteiger partial charge is 0.207 e. The van der Waals surface area contributed by atoms with Crippen molar-refractivity contribution in [2.45, 2.75) is 13.8 Å². The molecule has 0 aliphatic heterocycles. The van der Waals surface area contributed by atoms with Gasteiger partial charge in [0, 0.05) is 0 Å². The summed E-state index contributed by atoms with van der Waals surface area (Å²) in [7, 11) is 0. The molecule has 1 heteroatoms. The summed E-state index contributed by atoms with van der Waals surface area (Å²) in [4.78, 5) is 0. The van der Waals surface area contributed by atoms with E-state index >= 15 is 0 Å². The predicted molar refractivity (Wildman–Crippen MR) is 36.7 cm³/mol. The summed E-state index contributed by atoms with van der Waals surface area (Å²) < 4.78 is 12.4. The van der Waals surface area contributed by atoms with Gasteiger partial charge in [-0.1, -0.05) is 19.9 Å². The SMILES string of the molecule is CC1C=C(F)C=C[C@H]1C. The maximum absolute atomic E-state index is 12.4. The molecule has 0 nitrogen and oxygen atoms in total. The first kappa shape index (κ1) is 6.53. The predicted octanol–water partition coefficient (Wildman–Crippen LogP) is 2.68. The number of hydrogen-bond donors (Lipinski definition) is 0. The molecule has 50 valence electrons. The van der Waals surface area contributed by atoms with Gasteiger partial charge in [-0.25, -0.2) is 4.39 Å². The monoisotopic (exact) mass is 126 g/mol. The van der Waals surface area contributed by atoms with Gasteiger partial charge in [-0.2, -0.15) is 0 Å². The van der Waals surface area contributed by atoms with Crippen molar-refractivity contribution in [3.05, 3.63) is 24.1 Å². The van der Waals surface area contributed by atoms with Gasteiger partial charge in [0.05, 0.1) is 0 Å². The summed E-state index contributed by atoms with van der Waals surface area (Å²) >= 11 is 0. The third kappa shape index (κ3) is 1.41. The van der Waals surface area contributed by atoms with E-state index in [0.717, 1.165) is 0 Å². The molecule has 0 bridgehead atoms. The van der Waals surface area contributed by atoms with Crippen LogP contribution in [-0.4, -0.2) is 0 Å². The first-order valence-electron chi connectivity index (χ1n) is 3.25. The highest BCUT2D eigenvalue weighted by Crippen LogP contribution is 2.21. The van der Waals surface area contributed by atoms with Crippen LogP contribution >= 0.6 is 0 Å². The van der Waals surface area contributed by atoms with E-state index in [0.29, 0.717) is 11.8 Å². The topological polar surface area (TPSA) is 0 Å². The molecular formula is C8H11F. The lowest BCUT2D eigenvalue weighted by Gasteiger charge is -2.14. The second-order valence-corrected chi connectivity index (χ2v) is 2.63. The first-order valence-corrected chi connectivity index (χ1v) is 3.25. The van der Waals surface area contributed by atoms with Crippen molar-refractivity contribution in [2.75, 3.05) is 0 Å². The summed E-state index contributed by atoms with van der Waals surface area (Å²) in [5.74, 6) is 0.750. The molecule has 1 rings (SSSR count). The molecule has 9 heavy (non-hydrogen) atoms. The van der Waals surface area contributed by atoms with E-state index in [1.54, 1.807) is 6.08 Å². The van der Waals surface area contributed by atoms with E-state index in [-0.39, 0.29) is 5.83 Å². The third-order valence-electron chi connectivity index (χ3n) is 1.81. The fraction of sp³-hybridized carbons (Fsp3) is 0.500. The van der Waals surface area contributed by atoms with Crippen molar-refractivity contribution < 1.29 is 4.39 Å². The van der Waals surface area contributed by atoms with Crippen molar-refractivity contribution in [1.29, 1.82) is 0 Å². The van der Waals surface area contributed by atoms with Crippen LogP contribution in [0, 0.1) is 11.8 Å². The van der Waals surface area contributed by atoms with E-state index in [1.807, 2.05) is 13.0 Å². The Kier molecular flexibility index (Phi) is 1.70. The Bertz CT molecular complexity index is 156. The van der Waals surface area contributed by atoms with Gasteiger partial charge >= 0.3 is 0 Å². The molecular weight excluding hydrogens is 115 g/mol. The van der Waals surface area contributed by atoms with E-state index < -0.39 is 0 Å².